The molecule has 4 rings (SSSR count). The van der Waals surface area contributed by atoms with Crippen molar-refractivity contribution in [3.8, 4) is 11.9 Å². The number of hydrogen-bond donors (Lipinski definition) is 2. The fourth-order valence-electron chi connectivity index (χ4n) is 4.06. The first-order chi connectivity index (χ1) is 12.6. The van der Waals surface area contributed by atoms with Gasteiger partial charge in [-0.25, -0.2) is 0 Å². The molecule has 3 heterocycles. The molecule has 0 fully saturated rings. The zero-order valence-corrected chi connectivity index (χ0v) is 14.7. The summed E-state index contributed by atoms with van der Waals surface area (Å²) in [5, 5.41) is 17.0. The van der Waals surface area contributed by atoms with Gasteiger partial charge in [0.2, 0.25) is 17.7 Å². The van der Waals surface area contributed by atoms with E-state index in [1.807, 2.05) is 38.1 Å². The number of aryl methyl sites for hydroxylation is 1. The normalized spacial score (nSPS) is 20.8. The third-order valence-electron chi connectivity index (χ3n) is 5.09. The summed E-state index contributed by atoms with van der Waals surface area (Å²) in [7, 11) is 0. The molecule has 1 aromatic heterocycles. The summed E-state index contributed by atoms with van der Waals surface area (Å²) < 4.78 is 5.58. The van der Waals surface area contributed by atoms with E-state index in [2.05, 4.69) is 16.3 Å². The third-order valence-corrected chi connectivity index (χ3v) is 5.09. The average molecular weight is 349 g/mol. The van der Waals surface area contributed by atoms with Gasteiger partial charge < -0.3 is 15.4 Å². The van der Waals surface area contributed by atoms with Crippen molar-refractivity contribution < 1.29 is 9.53 Å². The van der Waals surface area contributed by atoms with Crippen LogP contribution in [0.3, 0.4) is 0 Å². The predicted molar refractivity (Wildman–Crippen MR) is 95.3 cm³/mol. The summed E-state index contributed by atoms with van der Waals surface area (Å²) in [6.45, 7) is 4.54. The van der Waals surface area contributed by atoms with Gasteiger partial charge in [0.1, 0.15) is 17.1 Å². The first-order valence-corrected chi connectivity index (χ1v) is 8.68. The van der Waals surface area contributed by atoms with E-state index >= 15 is 0 Å². The number of para-hydroxylation sites is 1. The highest BCUT2D eigenvalue weighted by Gasteiger charge is 2.60. The molecular weight excluding hydrogens is 330 g/mol. The molecule has 2 aliphatic rings. The number of anilines is 1. The van der Waals surface area contributed by atoms with Crippen molar-refractivity contribution in [3.05, 3.63) is 52.5 Å². The lowest BCUT2D eigenvalue weighted by atomic mass is 9.69. The van der Waals surface area contributed by atoms with Crippen LogP contribution in [0.15, 0.2) is 35.7 Å². The number of amides is 1. The molecule has 1 atom stereocenters. The Kier molecular flexibility index (Phi) is 3.51. The number of ether oxygens (including phenoxy) is 1. The van der Waals surface area contributed by atoms with Gasteiger partial charge in [0, 0.05) is 23.5 Å². The van der Waals surface area contributed by atoms with Crippen molar-refractivity contribution in [3.63, 3.8) is 0 Å². The molecule has 3 N–H and O–H groups in total. The van der Waals surface area contributed by atoms with Gasteiger partial charge in [-0.15, -0.1) is 5.10 Å². The van der Waals surface area contributed by atoms with E-state index in [0.29, 0.717) is 18.5 Å². The number of aromatic nitrogens is 2. The minimum atomic E-state index is -1.31. The Morgan fingerprint density at radius 1 is 1.38 bits per heavy atom. The maximum absolute atomic E-state index is 13.8. The van der Waals surface area contributed by atoms with Crippen molar-refractivity contribution in [1.29, 1.82) is 5.26 Å². The van der Waals surface area contributed by atoms with Crippen LogP contribution in [0.25, 0.3) is 0 Å². The third kappa shape index (κ3) is 1.76. The van der Waals surface area contributed by atoms with E-state index in [1.54, 1.807) is 4.90 Å². The van der Waals surface area contributed by atoms with Crippen LogP contribution in [0.5, 0.6) is 5.88 Å². The smallest absolute Gasteiger partial charge is 0.247 e. The van der Waals surface area contributed by atoms with Gasteiger partial charge in [0.15, 0.2) is 0 Å². The number of nitriles is 1. The Labute approximate surface area is 151 Å². The van der Waals surface area contributed by atoms with Gasteiger partial charge in [-0.05, 0) is 18.9 Å². The van der Waals surface area contributed by atoms with Crippen LogP contribution in [0, 0.1) is 11.3 Å². The molecule has 7 nitrogen and oxygen atoms in total. The van der Waals surface area contributed by atoms with Crippen LogP contribution < -0.4 is 15.4 Å². The fraction of sp³-hybridized carbons (Fsp3) is 0.316. The van der Waals surface area contributed by atoms with Crippen LogP contribution in [-0.2, 0) is 16.6 Å². The number of benzene rings is 1. The van der Waals surface area contributed by atoms with E-state index in [0.717, 1.165) is 23.4 Å². The largest absolute Gasteiger partial charge is 0.420 e. The minimum absolute atomic E-state index is 0.0735. The maximum Gasteiger partial charge on any atom is 0.247 e. The number of carbonyl (C=O) groups is 1. The van der Waals surface area contributed by atoms with Gasteiger partial charge in [-0.2, -0.15) is 5.26 Å². The lowest BCUT2D eigenvalue weighted by Crippen LogP contribution is -2.46. The molecule has 1 amide bonds. The van der Waals surface area contributed by atoms with Crippen LogP contribution in [0.1, 0.15) is 37.1 Å². The lowest BCUT2D eigenvalue weighted by Gasteiger charge is -2.32. The topological polar surface area (TPSA) is 108 Å². The summed E-state index contributed by atoms with van der Waals surface area (Å²) >= 11 is 0. The maximum atomic E-state index is 13.8. The zero-order chi connectivity index (χ0) is 18.5. The van der Waals surface area contributed by atoms with Crippen molar-refractivity contribution in [2.45, 2.75) is 32.1 Å². The molecule has 26 heavy (non-hydrogen) atoms. The Morgan fingerprint density at radius 2 is 2.15 bits per heavy atom. The molecule has 0 radical (unpaired) electrons. The van der Waals surface area contributed by atoms with Crippen molar-refractivity contribution in [2.75, 3.05) is 11.4 Å². The van der Waals surface area contributed by atoms with Crippen molar-refractivity contribution in [1.82, 2.24) is 10.2 Å². The Hall–Kier alpha value is -3.27. The summed E-state index contributed by atoms with van der Waals surface area (Å²) in [4.78, 5) is 15.5. The number of hydrogen-bond acceptors (Lipinski definition) is 5. The number of rotatable bonds is 3. The van der Waals surface area contributed by atoms with Gasteiger partial charge in [0.05, 0.1) is 5.56 Å². The van der Waals surface area contributed by atoms with Gasteiger partial charge >= 0.3 is 0 Å². The number of nitrogens with one attached hydrogen (secondary N) is 1. The highest BCUT2D eigenvalue weighted by Crippen LogP contribution is 2.55. The second-order valence-electron chi connectivity index (χ2n) is 6.41. The van der Waals surface area contributed by atoms with Crippen LogP contribution in [0.2, 0.25) is 0 Å². The van der Waals surface area contributed by atoms with Crippen molar-refractivity contribution >= 4 is 11.6 Å². The molecule has 0 saturated carbocycles. The summed E-state index contributed by atoms with van der Waals surface area (Å²) in [5.74, 6) is 0.0104. The van der Waals surface area contributed by atoms with Crippen LogP contribution >= 0.6 is 0 Å². The first-order valence-electron chi connectivity index (χ1n) is 8.68. The number of fused-ring (bicyclic) bond motifs is 4. The molecule has 2 aliphatic heterocycles. The molecule has 0 bridgehead atoms. The van der Waals surface area contributed by atoms with Gasteiger partial charge in [-0.3, -0.25) is 9.89 Å². The monoisotopic (exact) mass is 349 g/mol. The summed E-state index contributed by atoms with van der Waals surface area (Å²) in [6.07, 6.45) is 1.42. The highest BCUT2D eigenvalue weighted by molar-refractivity contribution is 6.14. The number of carbonyl (C=O) groups excluding carboxylic acids is 1. The predicted octanol–water partition coefficient (Wildman–Crippen LogP) is 2.10. The van der Waals surface area contributed by atoms with E-state index < -0.39 is 5.41 Å². The van der Waals surface area contributed by atoms with Crippen molar-refractivity contribution in [2.24, 2.45) is 5.73 Å². The first kappa shape index (κ1) is 16.2. The molecule has 0 unspecified atom stereocenters. The molecule has 2 aromatic rings. The van der Waals surface area contributed by atoms with E-state index in [1.165, 1.54) is 0 Å². The van der Waals surface area contributed by atoms with E-state index in [-0.39, 0.29) is 23.2 Å². The van der Waals surface area contributed by atoms with E-state index in [4.69, 9.17) is 10.5 Å². The average Bonchev–Trinajstić information content (AvgIpc) is 3.16. The molecule has 132 valence electrons. The zero-order valence-electron chi connectivity index (χ0n) is 14.7. The standard InChI is InChI=1S/C19H19N5O2/c1-3-9-24-14-8-6-5-7-11(14)19(18(24)25)12(10-20)16(21)26-17-15(19)13(4-2)22-23-17/h5-8H,3-4,9,21H2,1-2H3,(H,22,23)/t19-/m1/s1. The Morgan fingerprint density at radius 3 is 2.85 bits per heavy atom. The number of H-pyrrole nitrogens is 1. The fourth-order valence-corrected chi connectivity index (χ4v) is 4.06. The molecule has 1 aromatic carbocycles. The molecule has 7 heteroatoms. The quantitative estimate of drug-likeness (QED) is 0.882. The van der Waals surface area contributed by atoms with Crippen LogP contribution in [-0.4, -0.2) is 22.6 Å². The summed E-state index contributed by atoms with van der Waals surface area (Å²) in [5.41, 5.74) is 7.79. The Balaban J connectivity index is 2.13. The second-order valence-corrected chi connectivity index (χ2v) is 6.41. The minimum Gasteiger partial charge on any atom is -0.420 e. The number of nitrogens with zero attached hydrogens (tertiary/aromatic N) is 3. The van der Waals surface area contributed by atoms with Crippen LogP contribution in [0.4, 0.5) is 5.69 Å². The molecule has 0 aliphatic carbocycles. The second kappa shape index (κ2) is 5.63. The molecule has 1 spiro atoms. The number of nitrogens with two attached hydrogens (primary N) is 1. The SMILES string of the molecule is CCCN1C(=O)[C@@]2(C(C#N)=C(N)Oc3n[nH]c(CC)c32)c2ccccc21. The Bertz CT molecular complexity index is 984. The molecule has 0 saturated heterocycles. The lowest BCUT2D eigenvalue weighted by molar-refractivity contribution is -0.121. The van der Waals surface area contributed by atoms with Gasteiger partial charge in [0.25, 0.3) is 0 Å². The van der Waals surface area contributed by atoms with E-state index in [9.17, 15) is 10.1 Å². The molecular formula is C19H19N5O2. The number of aromatic amines is 1. The van der Waals surface area contributed by atoms with Gasteiger partial charge in [-0.1, -0.05) is 32.0 Å². The summed E-state index contributed by atoms with van der Waals surface area (Å²) in [6, 6.07) is 9.70. The highest BCUT2D eigenvalue weighted by atomic mass is 16.5.